The monoisotopic (exact) mass is 248 g/mol. The van der Waals surface area contributed by atoms with Gasteiger partial charge >= 0.3 is 0 Å². The zero-order valence-corrected chi connectivity index (χ0v) is 10.6. The summed E-state index contributed by atoms with van der Waals surface area (Å²) in [5.41, 5.74) is 2.28. The molecule has 1 aromatic carbocycles. The molecule has 0 saturated heterocycles. The largest absolute Gasteiger partial charge is 0.468 e. The van der Waals surface area contributed by atoms with Gasteiger partial charge in [-0.25, -0.2) is 0 Å². The lowest BCUT2D eigenvalue weighted by atomic mass is 9.89. The Morgan fingerprint density at radius 1 is 1.22 bits per heavy atom. The van der Waals surface area contributed by atoms with Crippen molar-refractivity contribution in [2.24, 2.45) is 5.92 Å². The summed E-state index contributed by atoms with van der Waals surface area (Å²) >= 11 is 0. The van der Waals surface area contributed by atoms with Crippen LogP contribution in [0.5, 0.6) is 5.75 Å². The molecule has 0 heterocycles. The van der Waals surface area contributed by atoms with Crippen molar-refractivity contribution in [3.63, 3.8) is 0 Å². The van der Waals surface area contributed by atoms with E-state index >= 15 is 0 Å². The molecule has 3 nitrogen and oxygen atoms in total. The van der Waals surface area contributed by atoms with E-state index in [2.05, 4.69) is 0 Å². The van der Waals surface area contributed by atoms with Gasteiger partial charge in [-0.1, -0.05) is 6.07 Å². The summed E-state index contributed by atoms with van der Waals surface area (Å²) in [5.74, 6) is 1.62. The third-order valence-electron chi connectivity index (χ3n) is 3.76. The van der Waals surface area contributed by atoms with E-state index in [1.165, 1.54) is 18.4 Å². The molecule has 0 amide bonds. The van der Waals surface area contributed by atoms with E-state index in [0.29, 0.717) is 6.79 Å². The molecule has 0 spiro atoms. The van der Waals surface area contributed by atoms with Crippen molar-refractivity contribution in [3.8, 4) is 5.75 Å². The standard InChI is InChI=1S/C15H20O3/c16-15-3-1-2-12-8-13(6-7-14(12)15)18-10-17-9-11-4-5-11/h6-8,11,15-16H,1-5,9-10H2. The summed E-state index contributed by atoms with van der Waals surface area (Å²) in [7, 11) is 0. The van der Waals surface area contributed by atoms with Crippen LogP contribution in [0.15, 0.2) is 18.2 Å². The van der Waals surface area contributed by atoms with E-state index < -0.39 is 0 Å². The van der Waals surface area contributed by atoms with E-state index in [1.807, 2.05) is 18.2 Å². The predicted octanol–water partition coefficient (Wildman–Crippen LogP) is 2.82. The Morgan fingerprint density at radius 3 is 2.94 bits per heavy atom. The van der Waals surface area contributed by atoms with Gasteiger partial charge < -0.3 is 14.6 Å². The van der Waals surface area contributed by atoms with Crippen LogP contribution in [0.1, 0.15) is 42.9 Å². The lowest BCUT2D eigenvalue weighted by Gasteiger charge is -2.21. The van der Waals surface area contributed by atoms with E-state index in [1.54, 1.807) is 0 Å². The molecule has 98 valence electrons. The Hall–Kier alpha value is -1.06. The first kappa shape index (κ1) is 12.0. The van der Waals surface area contributed by atoms with Gasteiger partial charge in [0.1, 0.15) is 5.75 Å². The van der Waals surface area contributed by atoms with Crippen LogP contribution in [-0.2, 0) is 11.2 Å². The van der Waals surface area contributed by atoms with Crippen molar-refractivity contribution in [3.05, 3.63) is 29.3 Å². The molecular weight excluding hydrogens is 228 g/mol. The van der Waals surface area contributed by atoms with Crippen LogP contribution in [0.25, 0.3) is 0 Å². The molecule has 1 atom stereocenters. The summed E-state index contributed by atoms with van der Waals surface area (Å²) < 4.78 is 11.0. The second-order valence-electron chi connectivity index (χ2n) is 5.35. The Kier molecular flexibility index (Phi) is 3.52. The topological polar surface area (TPSA) is 38.7 Å². The van der Waals surface area contributed by atoms with Gasteiger partial charge in [-0.05, 0) is 61.3 Å². The van der Waals surface area contributed by atoms with Gasteiger partial charge in [-0.15, -0.1) is 0 Å². The van der Waals surface area contributed by atoms with E-state index in [0.717, 1.165) is 43.1 Å². The molecule has 1 N–H and O–H groups in total. The number of fused-ring (bicyclic) bond motifs is 1. The fourth-order valence-corrected chi connectivity index (χ4v) is 2.46. The van der Waals surface area contributed by atoms with Crippen molar-refractivity contribution in [1.82, 2.24) is 0 Å². The molecule has 0 aliphatic heterocycles. The Balaban J connectivity index is 1.55. The molecule has 2 aliphatic rings. The molecule has 3 rings (SSSR count). The maximum absolute atomic E-state index is 9.87. The maximum atomic E-state index is 9.87. The lowest BCUT2D eigenvalue weighted by Crippen LogP contribution is -2.10. The molecule has 1 aromatic rings. The summed E-state index contributed by atoms with van der Waals surface area (Å²) in [6, 6.07) is 5.95. The lowest BCUT2D eigenvalue weighted by molar-refractivity contribution is 0.00988. The van der Waals surface area contributed by atoms with Gasteiger partial charge in [0.05, 0.1) is 12.7 Å². The van der Waals surface area contributed by atoms with E-state index in [-0.39, 0.29) is 6.10 Å². The minimum absolute atomic E-state index is 0.297. The Bertz CT molecular complexity index is 412. The summed E-state index contributed by atoms with van der Waals surface area (Å²) in [4.78, 5) is 0. The van der Waals surface area contributed by atoms with Crippen LogP contribution in [0.2, 0.25) is 0 Å². The molecule has 0 radical (unpaired) electrons. The molecule has 1 unspecified atom stereocenters. The second kappa shape index (κ2) is 5.29. The van der Waals surface area contributed by atoms with Gasteiger partial charge in [-0.3, -0.25) is 0 Å². The first-order chi connectivity index (χ1) is 8.83. The molecule has 18 heavy (non-hydrogen) atoms. The third kappa shape index (κ3) is 2.85. The first-order valence-electron chi connectivity index (χ1n) is 6.84. The number of aryl methyl sites for hydroxylation is 1. The highest BCUT2D eigenvalue weighted by atomic mass is 16.7. The fourth-order valence-electron chi connectivity index (χ4n) is 2.46. The van der Waals surface area contributed by atoms with Crippen LogP contribution in [-0.4, -0.2) is 18.5 Å². The molecule has 1 fully saturated rings. The highest BCUT2D eigenvalue weighted by Crippen LogP contribution is 2.32. The number of ether oxygens (including phenoxy) is 2. The average molecular weight is 248 g/mol. The molecule has 2 aliphatic carbocycles. The van der Waals surface area contributed by atoms with Crippen molar-refractivity contribution in [1.29, 1.82) is 0 Å². The second-order valence-corrected chi connectivity index (χ2v) is 5.35. The normalized spacial score (nSPS) is 22.6. The smallest absolute Gasteiger partial charge is 0.189 e. The highest BCUT2D eigenvalue weighted by Gasteiger charge is 2.21. The Morgan fingerprint density at radius 2 is 2.11 bits per heavy atom. The van der Waals surface area contributed by atoms with Crippen molar-refractivity contribution < 1.29 is 14.6 Å². The average Bonchev–Trinajstić information content (AvgIpc) is 3.19. The maximum Gasteiger partial charge on any atom is 0.189 e. The van der Waals surface area contributed by atoms with Crippen LogP contribution in [0.3, 0.4) is 0 Å². The number of rotatable bonds is 5. The van der Waals surface area contributed by atoms with Gasteiger partial charge in [0.15, 0.2) is 6.79 Å². The number of aliphatic hydroxyl groups excluding tert-OH is 1. The molecular formula is C15H20O3. The third-order valence-corrected chi connectivity index (χ3v) is 3.76. The summed E-state index contributed by atoms with van der Waals surface area (Å²) in [6.45, 7) is 1.15. The van der Waals surface area contributed by atoms with Crippen LogP contribution >= 0.6 is 0 Å². The highest BCUT2D eigenvalue weighted by molar-refractivity contribution is 5.38. The van der Waals surface area contributed by atoms with Gasteiger partial charge in [-0.2, -0.15) is 0 Å². The zero-order valence-electron chi connectivity index (χ0n) is 10.6. The number of benzene rings is 1. The summed E-state index contributed by atoms with van der Waals surface area (Å²) in [6.07, 6.45) is 5.27. The van der Waals surface area contributed by atoms with Crippen LogP contribution in [0, 0.1) is 5.92 Å². The number of hydrogen-bond acceptors (Lipinski definition) is 3. The van der Waals surface area contributed by atoms with Gasteiger partial charge in [0.2, 0.25) is 0 Å². The van der Waals surface area contributed by atoms with Crippen molar-refractivity contribution >= 4 is 0 Å². The predicted molar refractivity (Wildman–Crippen MR) is 68.5 cm³/mol. The minimum Gasteiger partial charge on any atom is -0.468 e. The fraction of sp³-hybridized carbons (Fsp3) is 0.600. The van der Waals surface area contributed by atoms with Crippen LogP contribution < -0.4 is 4.74 Å². The Labute approximate surface area is 108 Å². The van der Waals surface area contributed by atoms with Crippen molar-refractivity contribution in [2.45, 2.75) is 38.2 Å². The minimum atomic E-state index is -0.297. The SMILES string of the molecule is OC1CCCc2cc(OCOCC3CC3)ccc21. The molecule has 0 aromatic heterocycles. The molecule has 0 bridgehead atoms. The molecule has 1 saturated carbocycles. The summed E-state index contributed by atoms with van der Waals surface area (Å²) in [5, 5.41) is 9.87. The van der Waals surface area contributed by atoms with Crippen molar-refractivity contribution in [2.75, 3.05) is 13.4 Å². The zero-order chi connectivity index (χ0) is 12.4. The number of hydrogen-bond donors (Lipinski definition) is 1. The quantitative estimate of drug-likeness (QED) is 0.643. The first-order valence-corrected chi connectivity index (χ1v) is 6.84. The number of aliphatic hydroxyl groups is 1. The van der Waals surface area contributed by atoms with E-state index in [9.17, 15) is 5.11 Å². The van der Waals surface area contributed by atoms with Gasteiger partial charge in [0, 0.05) is 0 Å². The molecule has 3 heteroatoms. The van der Waals surface area contributed by atoms with E-state index in [4.69, 9.17) is 9.47 Å². The van der Waals surface area contributed by atoms with Crippen LogP contribution in [0.4, 0.5) is 0 Å². The van der Waals surface area contributed by atoms with Gasteiger partial charge in [0.25, 0.3) is 0 Å².